The molecule has 0 atom stereocenters. The first-order chi connectivity index (χ1) is 12.6. The number of ether oxygens (including phenoxy) is 1. The minimum atomic E-state index is -0.530. The Hall–Kier alpha value is -2.32. The molecule has 26 heavy (non-hydrogen) atoms. The molecule has 0 radical (unpaired) electrons. The zero-order valence-electron chi connectivity index (χ0n) is 14.5. The fourth-order valence-electron chi connectivity index (χ4n) is 3.74. The van der Waals surface area contributed by atoms with Crippen molar-refractivity contribution in [2.24, 2.45) is 0 Å². The fraction of sp³-hybridized carbons (Fsp3) is 0.444. The van der Waals surface area contributed by atoms with Crippen molar-refractivity contribution < 1.29 is 14.3 Å². The maximum atomic E-state index is 13.0. The average Bonchev–Trinajstić information content (AvgIpc) is 3.19. The fourth-order valence-corrected chi connectivity index (χ4v) is 4.35. The number of aryl methyl sites for hydroxylation is 1. The van der Waals surface area contributed by atoms with E-state index in [1.807, 2.05) is 36.1 Å². The Morgan fingerprint density at radius 3 is 2.77 bits per heavy atom. The van der Waals surface area contributed by atoms with Crippen LogP contribution in [0.5, 0.6) is 0 Å². The van der Waals surface area contributed by atoms with Gasteiger partial charge in [-0.25, -0.2) is 0 Å². The van der Waals surface area contributed by atoms with Gasteiger partial charge in [-0.3, -0.25) is 9.59 Å². The van der Waals surface area contributed by atoms with Gasteiger partial charge in [0.15, 0.2) is 0 Å². The molecule has 1 N–H and O–H groups in total. The van der Waals surface area contributed by atoms with E-state index in [1.165, 1.54) is 11.3 Å². The number of rotatable bonds is 4. The highest BCUT2D eigenvalue weighted by atomic mass is 32.1. The van der Waals surface area contributed by atoms with E-state index in [2.05, 4.69) is 15.5 Å². The van der Waals surface area contributed by atoms with Gasteiger partial charge in [0.25, 0.3) is 5.91 Å². The molecule has 1 fully saturated rings. The van der Waals surface area contributed by atoms with Gasteiger partial charge >= 0.3 is 0 Å². The number of nitrogens with zero attached hydrogens (tertiary/aromatic N) is 3. The number of amides is 2. The van der Waals surface area contributed by atoms with Gasteiger partial charge in [-0.2, -0.15) is 0 Å². The van der Waals surface area contributed by atoms with Crippen LogP contribution in [0.2, 0.25) is 0 Å². The number of aromatic nitrogens is 2. The lowest BCUT2D eigenvalue weighted by molar-refractivity contribution is -0.120. The first-order valence-corrected chi connectivity index (χ1v) is 9.47. The van der Waals surface area contributed by atoms with Crippen molar-refractivity contribution in [2.45, 2.75) is 38.3 Å². The molecule has 0 saturated carbocycles. The van der Waals surface area contributed by atoms with Crippen LogP contribution in [-0.4, -0.2) is 45.7 Å². The first-order valence-electron chi connectivity index (χ1n) is 8.65. The Morgan fingerprint density at radius 2 is 2.08 bits per heavy atom. The van der Waals surface area contributed by atoms with Gasteiger partial charge in [0, 0.05) is 25.3 Å². The number of fused-ring (bicyclic) bond motifs is 1. The predicted molar refractivity (Wildman–Crippen MR) is 97.0 cm³/mol. The number of hydrogen-bond donors (Lipinski definition) is 1. The van der Waals surface area contributed by atoms with Gasteiger partial charge in [-0.05, 0) is 31.4 Å². The molecule has 4 rings (SSSR count). The average molecular weight is 372 g/mol. The summed E-state index contributed by atoms with van der Waals surface area (Å²) in [6.45, 7) is 3.48. The van der Waals surface area contributed by atoms with Gasteiger partial charge in [0.05, 0.1) is 12.0 Å². The van der Waals surface area contributed by atoms with E-state index >= 15 is 0 Å². The zero-order valence-corrected chi connectivity index (χ0v) is 15.3. The summed E-state index contributed by atoms with van der Waals surface area (Å²) in [6, 6.07) is 7.65. The van der Waals surface area contributed by atoms with E-state index in [4.69, 9.17) is 4.74 Å². The Balaban J connectivity index is 1.56. The van der Waals surface area contributed by atoms with Crippen molar-refractivity contribution in [2.75, 3.05) is 18.5 Å². The molecule has 2 aromatic rings. The van der Waals surface area contributed by atoms with Crippen molar-refractivity contribution in [3.8, 4) is 0 Å². The molecule has 8 heteroatoms. The van der Waals surface area contributed by atoms with E-state index in [1.54, 1.807) is 0 Å². The smallest absolute Gasteiger partial charge is 0.254 e. The second-order valence-corrected chi connectivity index (χ2v) is 7.92. The van der Waals surface area contributed by atoms with Crippen LogP contribution < -0.4 is 5.32 Å². The second-order valence-electron chi connectivity index (χ2n) is 6.74. The molecule has 2 aliphatic heterocycles. The molecule has 0 unspecified atom stereocenters. The normalized spacial score (nSPS) is 18.7. The van der Waals surface area contributed by atoms with Gasteiger partial charge in [0.2, 0.25) is 11.0 Å². The lowest BCUT2D eigenvalue weighted by Crippen LogP contribution is -2.54. The Bertz CT molecular complexity index is 844. The summed E-state index contributed by atoms with van der Waals surface area (Å²) in [5.41, 5.74) is 1.22. The molecule has 7 nitrogen and oxygen atoms in total. The van der Waals surface area contributed by atoms with Crippen LogP contribution in [0.15, 0.2) is 24.3 Å². The standard InChI is InChI=1S/C18H20N4O3S/c1-12-20-21-17(26-12)19-15(23)10-18(6-8-25-9-7-18)22-11-13-4-2-3-5-14(13)16(22)24/h2-5H,6-11H2,1H3,(H,19,21,23). The molecular formula is C18H20N4O3S. The maximum Gasteiger partial charge on any atom is 0.254 e. The zero-order chi connectivity index (χ0) is 18.1. The molecule has 1 aromatic carbocycles. The monoisotopic (exact) mass is 372 g/mol. The highest BCUT2D eigenvalue weighted by Crippen LogP contribution is 2.38. The highest BCUT2D eigenvalue weighted by Gasteiger charge is 2.46. The van der Waals surface area contributed by atoms with Crippen LogP contribution in [0.25, 0.3) is 0 Å². The number of carbonyl (C=O) groups is 2. The molecule has 1 aromatic heterocycles. The quantitative estimate of drug-likeness (QED) is 0.891. The van der Waals surface area contributed by atoms with E-state index in [-0.39, 0.29) is 18.2 Å². The molecule has 1 saturated heterocycles. The number of anilines is 1. The van der Waals surface area contributed by atoms with E-state index in [0.29, 0.717) is 37.7 Å². The van der Waals surface area contributed by atoms with Crippen molar-refractivity contribution in [1.82, 2.24) is 15.1 Å². The Morgan fingerprint density at radius 1 is 1.31 bits per heavy atom. The number of hydrogen-bond acceptors (Lipinski definition) is 6. The third-order valence-electron chi connectivity index (χ3n) is 5.08. The third-order valence-corrected chi connectivity index (χ3v) is 5.83. The lowest BCUT2D eigenvalue weighted by Gasteiger charge is -2.44. The SMILES string of the molecule is Cc1nnc(NC(=O)CC2(N3Cc4ccccc4C3=O)CCOCC2)s1. The minimum absolute atomic E-state index is 0.00191. The summed E-state index contributed by atoms with van der Waals surface area (Å²) in [5.74, 6) is -0.145. The van der Waals surface area contributed by atoms with Crippen LogP contribution in [0.4, 0.5) is 5.13 Å². The van der Waals surface area contributed by atoms with Crippen LogP contribution in [0.1, 0.15) is 40.2 Å². The summed E-state index contributed by atoms with van der Waals surface area (Å²) in [6.07, 6.45) is 1.53. The summed E-state index contributed by atoms with van der Waals surface area (Å²) in [5, 5.41) is 12.0. The van der Waals surface area contributed by atoms with E-state index in [0.717, 1.165) is 16.1 Å². The largest absolute Gasteiger partial charge is 0.381 e. The molecular weight excluding hydrogens is 352 g/mol. The maximum absolute atomic E-state index is 13.0. The first kappa shape index (κ1) is 17.1. The topological polar surface area (TPSA) is 84.4 Å². The van der Waals surface area contributed by atoms with Crippen molar-refractivity contribution in [3.63, 3.8) is 0 Å². The third kappa shape index (κ3) is 3.10. The van der Waals surface area contributed by atoms with Gasteiger partial charge < -0.3 is 15.0 Å². The van der Waals surface area contributed by atoms with Crippen LogP contribution in [0.3, 0.4) is 0 Å². The van der Waals surface area contributed by atoms with Crippen molar-refractivity contribution in [3.05, 3.63) is 40.4 Å². The van der Waals surface area contributed by atoms with Crippen LogP contribution in [0, 0.1) is 6.92 Å². The summed E-state index contributed by atoms with van der Waals surface area (Å²) in [7, 11) is 0. The van der Waals surface area contributed by atoms with Crippen LogP contribution in [-0.2, 0) is 16.1 Å². The van der Waals surface area contributed by atoms with Crippen molar-refractivity contribution >= 4 is 28.3 Å². The van der Waals surface area contributed by atoms with E-state index < -0.39 is 5.54 Å². The summed E-state index contributed by atoms with van der Waals surface area (Å²) >= 11 is 1.34. The Labute approximate surface area is 155 Å². The summed E-state index contributed by atoms with van der Waals surface area (Å²) in [4.78, 5) is 27.5. The molecule has 0 bridgehead atoms. The summed E-state index contributed by atoms with van der Waals surface area (Å²) < 4.78 is 5.51. The van der Waals surface area contributed by atoms with Gasteiger partial charge in [0.1, 0.15) is 5.01 Å². The van der Waals surface area contributed by atoms with E-state index in [9.17, 15) is 9.59 Å². The highest BCUT2D eigenvalue weighted by molar-refractivity contribution is 7.15. The molecule has 0 spiro atoms. The van der Waals surface area contributed by atoms with Crippen molar-refractivity contribution in [1.29, 1.82) is 0 Å². The van der Waals surface area contributed by atoms with Gasteiger partial charge in [-0.15, -0.1) is 10.2 Å². The second kappa shape index (κ2) is 6.77. The number of carbonyl (C=O) groups excluding carboxylic acids is 2. The molecule has 3 heterocycles. The molecule has 2 aliphatic rings. The molecule has 0 aliphatic carbocycles. The minimum Gasteiger partial charge on any atom is -0.381 e. The number of nitrogens with one attached hydrogen (secondary N) is 1. The van der Waals surface area contributed by atoms with Gasteiger partial charge in [-0.1, -0.05) is 29.5 Å². The molecule has 2 amide bonds. The number of benzene rings is 1. The Kier molecular flexibility index (Phi) is 4.46. The lowest BCUT2D eigenvalue weighted by atomic mass is 9.84. The van der Waals surface area contributed by atoms with Crippen LogP contribution >= 0.6 is 11.3 Å². The predicted octanol–water partition coefficient (Wildman–Crippen LogP) is 2.38. The molecule has 136 valence electrons.